The molecule has 0 aliphatic carbocycles. The number of likely N-dealkylation sites (tertiary alicyclic amines) is 1. The Morgan fingerprint density at radius 3 is 2.38 bits per heavy atom. The van der Waals surface area contributed by atoms with Crippen molar-refractivity contribution in [1.29, 1.82) is 0 Å². The number of para-hydroxylation sites is 1. The lowest BCUT2D eigenvalue weighted by molar-refractivity contribution is 0.129. The van der Waals surface area contributed by atoms with Gasteiger partial charge >= 0.3 is 0 Å². The van der Waals surface area contributed by atoms with Gasteiger partial charge in [-0.2, -0.15) is 0 Å². The molecule has 0 saturated carbocycles. The first kappa shape index (κ1) is 18.6. The molecule has 1 saturated heterocycles. The number of benzene rings is 2. The van der Waals surface area contributed by atoms with E-state index in [4.69, 9.17) is 9.47 Å². The SMILES string of the molecule is COc1ccc([C@@H]2CCN(C)C[C@@H]2COc2ccccc2)cc1.Cl. The Bertz CT molecular complexity index is 603. The third-order valence-corrected chi connectivity index (χ3v) is 4.69. The Kier molecular flexibility index (Phi) is 6.95. The van der Waals surface area contributed by atoms with Gasteiger partial charge in [-0.05, 0) is 55.8 Å². The summed E-state index contributed by atoms with van der Waals surface area (Å²) >= 11 is 0. The van der Waals surface area contributed by atoms with Gasteiger partial charge in [0.05, 0.1) is 13.7 Å². The molecule has 0 N–H and O–H groups in total. The van der Waals surface area contributed by atoms with E-state index < -0.39 is 0 Å². The summed E-state index contributed by atoms with van der Waals surface area (Å²) in [5, 5.41) is 0. The Hall–Kier alpha value is -1.71. The molecule has 4 heteroatoms. The van der Waals surface area contributed by atoms with E-state index in [0.717, 1.165) is 31.2 Å². The molecule has 0 aromatic heterocycles. The van der Waals surface area contributed by atoms with Crippen molar-refractivity contribution in [3.8, 4) is 11.5 Å². The molecule has 2 aromatic rings. The largest absolute Gasteiger partial charge is 0.497 e. The quantitative estimate of drug-likeness (QED) is 0.807. The first-order valence-corrected chi connectivity index (χ1v) is 8.26. The van der Waals surface area contributed by atoms with Crippen LogP contribution in [0, 0.1) is 5.92 Å². The second-order valence-corrected chi connectivity index (χ2v) is 6.31. The molecule has 0 unspecified atom stereocenters. The minimum Gasteiger partial charge on any atom is -0.497 e. The molecule has 1 aliphatic heterocycles. The Balaban J connectivity index is 0.00000208. The van der Waals surface area contributed by atoms with E-state index in [-0.39, 0.29) is 12.4 Å². The Morgan fingerprint density at radius 1 is 1.00 bits per heavy atom. The minimum absolute atomic E-state index is 0. The van der Waals surface area contributed by atoms with Gasteiger partial charge < -0.3 is 14.4 Å². The topological polar surface area (TPSA) is 21.7 Å². The molecule has 0 radical (unpaired) electrons. The highest BCUT2D eigenvalue weighted by atomic mass is 35.5. The summed E-state index contributed by atoms with van der Waals surface area (Å²) in [6, 6.07) is 18.6. The van der Waals surface area contributed by atoms with Crippen LogP contribution in [0.4, 0.5) is 0 Å². The van der Waals surface area contributed by atoms with Crippen LogP contribution in [0.15, 0.2) is 54.6 Å². The average molecular weight is 348 g/mol. The zero-order valence-corrected chi connectivity index (χ0v) is 15.2. The molecule has 0 bridgehead atoms. The van der Waals surface area contributed by atoms with Crippen LogP contribution in [0.3, 0.4) is 0 Å². The lowest BCUT2D eigenvalue weighted by Crippen LogP contribution is -2.39. The maximum absolute atomic E-state index is 6.04. The van der Waals surface area contributed by atoms with Crippen LogP contribution in [0.1, 0.15) is 17.9 Å². The van der Waals surface area contributed by atoms with Gasteiger partial charge in [0.25, 0.3) is 0 Å². The van der Waals surface area contributed by atoms with Crippen LogP contribution in [-0.2, 0) is 0 Å². The molecule has 3 rings (SSSR count). The molecular formula is C20H26ClNO2. The summed E-state index contributed by atoms with van der Waals surface area (Å²) in [7, 11) is 3.90. The smallest absolute Gasteiger partial charge is 0.119 e. The average Bonchev–Trinajstić information content (AvgIpc) is 2.61. The lowest BCUT2D eigenvalue weighted by atomic mass is 9.81. The number of piperidine rings is 1. The minimum atomic E-state index is 0. The van der Waals surface area contributed by atoms with E-state index in [2.05, 4.69) is 36.2 Å². The molecular weight excluding hydrogens is 322 g/mol. The van der Waals surface area contributed by atoms with Crippen molar-refractivity contribution in [3.63, 3.8) is 0 Å². The van der Waals surface area contributed by atoms with Gasteiger partial charge in [-0.3, -0.25) is 0 Å². The fraction of sp³-hybridized carbons (Fsp3) is 0.400. The molecule has 3 nitrogen and oxygen atoms in total. The number of methoxy groups -OCH3 is 1. The highest BCUT2D eigenvalue weighted by Gasteiger charge is 2.29. The maximum atomic E-state index is 6.04. The number of ether oxygens (including phenoxy) is 2. The second-order valence-electron chi connectivity index (χ2n) is 6.31. The normalized spacial score (nSPS) is 20.9. The van der Waals surface area contributed by atoms with Gasteiger partial charge in [-0.1, -0.05) is 30.3 Å². The Labute approximate surface area is 151 Å². The number of hydrogen-bond acceptors (Lipinski definition) is 3. The Morgan fingerprint density at radius 2 is 1.71 bits per heavy atom. The molecule has 1 aliphatic rings. The number of halogens is 1. The first-order chi connectivity index (χ1) is 11.3. The van der Waals surface area contributed by atoms with Crippen molar-refractivity contribution in [3.05, 3.63) is 60.2 Å². The third-order valence-electron chi connectivity index (χ3n) is 4.69. The van der Waals surface area contributed by atoms with Gasteiger partial charge in [-0.25, -0.2) is 0 Å². The van der Waals surface area contributed by atoms with Crippen molar-refractivity contribution in [2.45, 2.75) is 12.3 Å². The monoisotopic (exact) mass is 347 g/mol. The molecule has 130 valence electrons. The predicted molar refractivity (Wildman–Crippen MR) is 101 cm³/mol. The van der Waals surface area contributed by atoms with Crippen LogP contribution in [0.2, 0.25) is 0 Å². The molecule has 0 spiro atoms. The highest BCUT2D eigenvalue weighted by molar-refractivity contribution is 5.85. The number of hydrogen-bond donors (Lipinski definition) is 0. The van der Waals surface area contributed by atoms with Crippen molar-refractivity contribution in [1.82, 2.24) is 4.90 Å². The number of nitrogens with zero attached hydrogens (tertiary/aromatic N) is 1. The maximum Gasteiger partial charge on any atom is 0.119 e. The van der Waals surface area contributed by atoms with Gasteiger partial charge in [-0.15, -0.1) is 12.4 Å². The van der Waals surface area contributed by atoms with E-state index in [1.807, 2.05) is 30.3 Å². The number of rotatable bonds is 5. The van der Waals surface area contributed by atoms with Gasteiger partial charge in [0.15, 0.2) is 0 Å². The van der Waals surface area contributed by atoms with Crippen LogP contribution in [-0.4, -0.2) is 38.8 Å². The fourth-order valence-corrected chi connectivity index (χ4v) is 3.39. The molecule has 1 fully saturated rings. The summed E-state index contributed by atoms with van der Waals surface area (Å²) in [4.78, 5) is 2.40. The van der Waals surface area contributed by atoms with Crippen molar-refractivity contribution in [2.75, 3.05) is 33.9 Å². The van der Waals surface area contributed by atoms with Crippen LogP contribution < -0.4 is 9.47 Å². The fourth-order valence-electron chi connectivity index (χ4n) is 3.39. The zero-order valence-electron chi connectivity index (χ0n) is 14.4. The van der Waals surface area contributed by atoms with E-state index in [9.17, 15) is 0 Å². The van der Waals surface area contributed by atoms with Gasteiger partial charge in [0, 0.05) is 12.5 Å². The highest BCUT2D eigenvalue weighted by Crippen LogP contribution is 2.34. The van der Waals surface area contributed by atoms with Crippen molar-refractivity contribution >= 4 is 12.4 Å². The van der Waals surface area contributed by atoms with Crippen molar-refractivity contribution < 1.29 is 9.47 Å². The molecule has 2 atom stereocenters. The van der Waals surface area contributed by atoms with Gasteiger partial charge in [0.1, 0.15) is 11.5 Å². The standard InChI is InChI=1S/C20H25NO2.ClH/c1-21-13-12-20(16-8-10-18(22-2)11-9-16)17(14-21)15-23-19-6-4-3-5-7-19;/h3-11,17,20H,12-15H2,1-2H3;1H/t17-,20+;/m1./s1. The van der Waals surface area contributed by atoms with Crippen LogP contribution in [0.5, 0.6) is 11.5 Å². The molecule has 1 heterocycles. The summed E-state index contributed by atoms with van der Waals surface area (Å²) in [5.74, 6) is 2.91. The summed E-state index contributed by atoms with van der Waals surface area (Å²) < 4.78 is 11.3. The summed E-state index contributed by atoms with van der Waals surface area (Å²) in [5.41, 5.74) is 1.39. The van der Waals surface area contributed by atoms with E-state index in [1.165, 1.54) is 12.0 Å². The molecule has 24 heavy (non-hydrogen) atoms. The van der Waals surface area contributed by atoms with Crippen LogP contribution in [0.25, 0.3) is 0 Å². The zero-order chi connectivity index (χ0) is 16.1. The second kappa shape index (κ2) is 8.95. The van der Waals surface area contributed by atoms with Crippen molar-refractivity contribution in [2.24, 2.45) is 5.92 Å². The lowest BCUT2D eigenvalue weighted by Gasteiger charge is -2.37. The predicted octanol–water partition coefficient (Wildman–Crippen LogP) is 4.23. The summed E-state index contributed by atoms with van der Waals surface area (Å²) in [6.07, 6.45) is 1.17. The molecule has 2 aromatic carbocycles. The van der Waals surface area contributed by atoms with E-state index in [1.54, 1.807) is 7.11 Å². The molecule has 0 amide bonds. The van der Waals surface area contributed by atoms with E-state index >= 15 is 0 Å². The van der Waals surface area contributed by atoms with Crippen LogP contribution >= 0.6 is 12.4 Å². The summed E-state index contributed by atoms with van der Waals surface area (Å²) in [6.45, 7) is 2.97. The van der Waals surface area contributed by atoms with E-state index in [0.29, 0.717) is 11.8 Å². The first-order valence-electron chi connectivity index (χ1n) is 8.26. The van der Waals surface area contributed by atoms with Gasteiger partial charge in [0.2, 0.25) is 0 Å². The third kappa shape index (κ3) is 4.65.